The summed E-state index contributed by atoms with van der Waals surface area (Å²) < 4.78 is 4.84. The topological polar surface area (TPSA) is 92.4 Å². The number of amides is 3. The predicted molar refractivity (Wildman–Crippen MR) is 85.4 cm³/mol. The van der Waals surface area contributed by atoms with Crippen molar-refractivity contribution in [2.24, 2.45) is 0 Å². The first-order valence-corrected chi connectivity index (χ1v) is 7.42. The van der Waals surface area contributed by atoms with E-state index in [2.05, 4.69) is 20.9 Å². The van der Waals surface area contributed by atoms with Gasteiger partial charge in [-0.15, -0.1) is 11.3 Å². The van der Waals surface area contributed by atoms with Crippen molar-refractivity contribution in [2.45, 2.75) is 0 Å². The Balaban J connectivity index is 1.86. The van der Waals surface area contributed by atoms with Crippen molar-refractivity contribution >= 4 is 34.1 Å². The first-order valence-electron chi connectivity index (χ1n) is 6.55. The van der Waals surface area contributed by atoms with Crippen LogP contribution >= 0.6 is 11.3 Å². The van der Waals surface area contributed by atoms with E-state index >= 15 is 0 Å². The Kier molecular flexibility index (Phi) is 5.87. The fourth-order valence-corrected chi connectivity index (χ4v) is 2.26. The average Bonchev–Trinajstić information content (AvgIpc) is 2.97. The van der Waals surface area contributed by atoms with Crippen molar-refractivity contribution in [2.75, 3.05) is 30.9 Å². The van der Waals surface area contributed by atoms with Crippen LogP contribution in [0.4, 0.5) is 15.6 Å². The van der Waals surface area contributed by atoms with Gasteiger partial charge in [0.05, 0.1) is 6.61 Å². The van der Waals surface area contributed by atoms with E-state index in [-0.39, 0.29) is 11.6 Å². The molecule has 0 radical (unpaired) electrons. The number of benzene rings is 1. The molecule has 0 saturated carbocycles. The summed E-state index contributed by atoms with van der Waals surface area (Å²) in [7, 11) is 1.56. The second-order valence-corrected chi connectivity index (χ2v) is 5.09. The summed E-state index contributed by atoms with van der Waals surface area (Å²) >= 11 is 1.18. The predicted octanol–water partition coefficient (Wildman–Crippen LogP) is 2.16. The second kappa shape index (κ2) is 8.11. The molecule has 7 nitrogen and oxygen atoms in total. The Morgan fingerprint density at radius 1 is 1.23 bits per heavy atom. The number of hydrogen-bond acceptors (Lipinski definition) is 5. The highest BCUT2D eigenvalue weighted by Crippen LogP contribution is 2.16. The third-order valence-electron chi connectivity index (χ3n) is 2.58. The van der Waals surface area contributed by atoms with Crippen molar-refractivity contribution in [1.29, 1.82) is 0 Å². The van der Waals surface area contributed by atoms with Gasteiger partial charge in [0, 0.05) is 24.7 Å². The molecule has 3 amide bonds. The van der Waals surface area contributed by atoms with Crippen molar-refractivity contribution in [3.05, 3.63) is 41.4 Å². The monoisotopic (exact) mass is 320 g/mol. The van der Waals surface area contributed by atoms with Gasteiger partial charge in [-0.1, -0.05) is 18.2 Å². The van der Waals surface area contributed by atoms with Crippen LogP contribution in [0.25, 0.3) is 0 Å². The number of anilines is 2. The fraction of sp³-hybridized carbons (Fsp3) is 0.214. The Morgan fingerprint density at radius 2 is 2.00 bits per heavy atom. The van der Waals surface area contributed by atoms with Crippen LogP contribution in [0.3, 0.4) is 0 Å². The molecule has 2 rings (SSSR count). The van der Waals surface area contributed by atoms with Gasteiger partial charge in [-0.3, -0.25) is 10.1 Å². The minimum absolute atomic E-state index is 0.260. The number of nitrogens with one attached hydrogen (secondary N) is 3. The number of ether oxygens (including phenoxy) is 1. The van der Waals surface area contributed by atoms with E-state index in [0.29, 0.717) is 24.0 Å². The molecule has 1 aromatic heterocycles. The van der Waals surface area contributed by atoms with Gasteiger partial charge in [-0.25, -0.2) is 9.78 Å². The summed E-state index contributed by atoms with van der Waals surface area (Å²) in [4.78, 5) is 27.6. The van der Waals surface area contributed by atoms with E-state index in [1.54, 1.807) is 24.6 Å². The maximum absolute atomic E-state index is 11.8. The molecule has 0 saturated heterocycles. The number of methoxy groups -OCH3 is 1. The molecule has 1 heterocycles. The first kappa shape index (κ1) is 15.9. The first-order chi connectivity index (χ1) is 10.7. The lowest BCUT2D eigenvalue weighted by atomic mass is 10.3. The zero-order valence-corrected chi connectivity index (χ0v) is 12.8. The van der Waals surface area contributed by atoms with Crippen molar-refractivity contribution in [3.63, 3.8) is 0 Å². The molecule has 0 atom stereocenters. The van der Waals surface area contributed by atoms with E-state index in [9.17, 15) is 9.59 Å². The number of thiazole rings is 1. The number of carbonyl (C=O) groups is 2. The zero-order chi connectivity index (χ0) is 15.8. The van der Waals surface area contributed by atoms with Gasteiger partial charge in [0.1, 0.15) is 5.69 Å². The lowest BCUT2D eigenvalue weighted by molar-refractivity contribution is 0.0933. The van der Waals surface area contributed by atoms with Crippen LogP contribution in [0.2, 0.25) is 0 Å². The summed E-state index contributed by atoms with van der Waals surface area (Å²) in [5.41, 5.74) is 0.935. The van der Waals surface area contributed by atoms with E-state index in [0.717, 1.165) is 0 Å². The number of hydrogen-bond donors (Lipinski definition) is 3. The van der Waals surface area contributed by atoms with Crippen molar-refractivity contribution in [3.8, 4) is 0 Å². The molecule has 0 aliphatic rings. The number of nitrogens with zero attached hydrogens (tertiary/aromatic N) is 1. The molecule has 1 aromatic carbocycles. The average molecular weight is 320 g/mol. The standard InChI is InChI=1S/C14H16N4O3S/c1-21-8-7-15-12(19)11-9-22-14(17-11)18-13(20)16-10-5-3-2-4-6-10/h2-6,9H,7-8H2,1H3,(H,15,19)(H2,16,17,18,20). The fourth-order valence-electron chi connectivity index (χ4n) is 1.57. The van der Waals surface area contributed by atoms with Gasteiger partial charge in [0.2, 0.25) is 0 Å². The molecule has 3 N–H and O–H groups in total. The summed E-state index contributed by atoms with van der Waals surface area (Å²) in [5.74, 6) is -0.301. The van der Waals surface area contributed by atoms with Gasteiger partial charge in [0.15, 0.2) is 5.13 Å². The maximum atomic E-state index is 11.8. The molecular weight excluding hydrogens is 304 g/mol. The summed E-state index contributed by atoms with van der Waals surface area (Å²) in [6.45, 7) is 0.838. The number of para-hydroxylation sites is 1. The third-order valence-corrected chi connectivity index (χ3v) is 3.34. The Labute approximate surface area is 131 Å². The minimum Gasteiger partial charge on any atom is -0.383 e. The molecule has 0 spiro atoms. The lowest BCUT2D eigenvalue weighted by Gasteiger charge is -2.04. The molecule has 0 bridgehead atoms. The number of rotatable bonds is 6. The number of carbonyl (C=O) groups excluding carboxylic acids is 2. The molecule has 0 fully saturated rings. The number of aromatic nitrogens is 1. The second-order valence-electron chi connectivity index (χ2n) is 4.23. The number of urea groups is 1. The van der Waals surface area contributed by atoms with Crippen LogP contribution in [-0.2, 0) is 4.74 Å². The Morgan fingerprint density at radius 3 is 2.73 bits per heavy atom. The Hall–Kier alpha value is -2.45. The molecule has 0 aliphatic heterocycles. The molecule has 8 heteroatoms. The van der Waals surface area contributed by atoms with Gasteiger partial charge >= 0.3 is 6.03 Å². The van der Waals surface area contributed by atoms with Gasteiger partial charge in [0.25, 0.3) is 5.91 Å². The largest absolute Gasteiger partial charge is 0.383 e. The summed E-state index contributed by atoms with van der Waals surface area (Å²) in [5, 5.41) is 9.85. The van der Waals surface area contributed by atoms with Gasteiger partial charge in [-0.05, 0) is 12.1 Å². The smallest absolute Gasteiger partial charge is 0.325 e. The van der Waals surface area contributed by atoms with Gasteiger partial charge in [-0.2, -0.15) is 0 Å². The van der Waals surface area contributed by atoms with Crippen LogP contribution in [0.1, 0.15) is 10.5 Å². The van der Waals surface area contributed by atoms with E-state index < -0.39 is 6.03 Å². The summed E-state index contributed by atoms with van der Waals surface area (Å²) in [6, 6.07) is 8.64. The van der Waals surface area contributed by atoms with E-state index in [1.807, 2.05) is 18.2 Å². The SMILES string of the molecule is COCCNC(=O)c1csc(NC(=O)Nc2ccccc2)n1. The Bertz CT molecular complexity index is 630. The quantitative estimate of drug-likeness (QED) is 0.711. The van der Waals surface area contributed by atoms with E-state index in [4.69, 9.17) is 4.74 Å². The highest BCUT2D eigenvalue weighted by Gasteiger charge is 2.12. The van der Waals surface area contributed by atoms with Crippen LogP contribution in [-0.4, -0.2) is 37.2 Å². The minimum atomic E-state index is -0.410. The molecule has 2 aromatic rings. The van der Waals surface area contributed by atoms with Crippen LogP contribution in [0.15, 0.2) is 35.7 Å². The van der Waals surface area contributed by atoms with Crippen LogP contribution in [0, 0.1) is 0 Å². The van der Waals surface area contributed by atoms with E-state index in [1.165, 1.54) is 11.3 Å². The third kappa shape index (κ3) is 4.83. The molecular formula is C14H16N4O3S. The van der Waals surface area contributed by atoms with Crippen molar-refractivity contribution in [1.82, 2.24) is 10.3 Å². The maximum Gasteiger partial charge on any atom is 0.325 e. The summed E-state index contributed by atoms with van der Waals surface area (Å²) in [6.07, 6.45) is 0. The zero-order valence-electron chi connectivity index (χ0n) is 12.0. The normalized spacial score (nSPS) is 10.0. The molecule has 0 aliphatic carbocycles. The lowest BCUT2D eigenvalue weighted by Crippen LogP contribution is -2.27. The molecule has 22 heavy (non-hydrogen) atoms. The van der Waals surface area contributed by atoms with Gasteiger partial charge < -0.3 is 15.4 Å². The highest BCUT2D eigenvalue weighted by molar-refractivity contribution is 7.14. The molecule has 116 valence electrons. The van der Waals surface area contributed by atoms with Crippen LogP contribution < -0.4 is 16.0 Å². The highest BCUT2D eigenvalue weighted by atomic mass is 32.1. The van der Waals surface area contributed by atoms with Crippen LogP contribution in [0.5, 0.6) is 0 Å². The van der Waals surface area contributed by atoms with Crippen molar-refractivity contribution < 1.29 is 14.3 Å². The molecule has 0 unspecified atom stereocenters.